The molecule has 0 N–H and O–H groups in total. The Morgan fingerprint density at radius 1 is 0.964 bits per heavy atom. The van der Waals surface area contributed by atoms with Crippen molar-refractivity contribution in [3.05, 3.63) is 94.5 Å². The zero-order chi connectivity index (χ0) is 19.3. The SMILES string of the molecule is Cc1c(CO/N=C(\CC2CC2)c2ccc(Cl)cc2)cccc1-c1ccccc1. The van der Waals surface area contributed by atoms with E-state index in [1.165, 1.54) is 29.5 Å². The predicted molar refractivity (Wildman–Crippen MR) is 117 cm³/mol. The van der Waals surface area contributed by atoms with Crippen molar-refractivity contribution >= 4 is 17.3 Å². The number of nitrogens with zero attached hydrogens (tertiary/aromatic N) is 1. The maximum Gasteiger partial charge on any atom is 0.142 e. The van der Waals surface area contributed by atoms with E-state index in [2.05, 4.69) is 54.5 Å². The first kappa shape index (κ1) is 18.8. The summed E-state index contributed by atoms with van der Waals surface area (Å²) in [6, 6.07) is 24.7. The van der Waals surface area contributed by atoms with Crippen molar-refractivity contribution in [1.29, 1.82) is 0 Å². The van der Waals surface area contributed by atoms with Gasteiger partial charge in [0.25, 0.3) is 0 Å². The number of rotatable bonds is 7. The molecule has 0 unspecified atom stereocenters. The Bertz CT molecular complexity index is 960. The molecule has 0 saturated heterocycles. The van der Waals surface area contributed by atoms with E-state index in [0.717, 1.165) is 34.2 Å². The lowest BCUT2D eigenvalue weighted by Crippen LogP contribution is -2.04. The quantitative estimate of drug-likeness (QED) is 0.313. The van der Waals surface area contributed by atoms with Crippen LogP contribution in [0.25, 0.3) is 11.1 Å². The van der Waals surface area contributed by atoms with Gasteiger partial charge in [0.1, 0.15) is 6.61 Å². The van der Waals surface area contributed by atoms with Gasteiger partial charge in [-0.05, 0) is 72.1 Å². The van der Waals surface area contributed by atoms with Crippen LogP contribution in [0.15, 0.2) is 78.0 Å². The van der Waals surface area contributed by atoms with Gasteiger partial charge in [-0.1, -0.05) is 77.4 Å². The van der Waals surface area contributed by atoms with E-state index in [1.54, 1.807) is 0 Å². The molecule has 0 atom stereocenters. The van der Waals surface area contributed by atoms with Crippen LogP contribution in [0.3, 0.4) is 0 Å². The van der Waals surface area contributed by atoms with Crippen molar-refractivity contribution < 1.29 is 4.84 Å². The fourth-order valence-corrected chi connectivity index (χ4v) is 3.52. The topological polar surface area (TPSA) is 21.6 Å². The third kappa shape index (κ3) is 4.63. The Morgan fingerprint density at radius 2 is 1.71 bits per heavy atom. The first-order valence-electron chi connectivity index (χ1n) is 9.79. The molecule has 2 nitrogen and oxygen atoms in total. The lowest BCUT2D eigenvalue weighted by molar-refractivity contribution is 0.129. The van der Waals surface area contributed by atoms with Crippen LogP contribution in [-0.2, 0) is 11.4 Å². The Morgan fingerprint density at radius 3 is 2.43 bits per heavy atom. The molecule has 1 aliphatic rings. The van der Waals surface area contributed by atoms with Crippen molar-refractivity contribution in [1.82, 2.24) is 0 Å². The fourth-order valence-electron chi connectivity index (χ4n) is 3.40. The molecule has 0 amide bonds. The van der Waals surface area contributed by atoms with Gasteiger partial charge in [-0.25, -0.2) is 0 Å². The normalized spacial score (nSPS) is 14.1. The Hall–Kier alpha value is -2.58. The molecule has 4 rings (SSSR count). The second-order valence-corrected chi connectivity index (χ2v) is 7.86. The van der Waals surface area contributed by atoms with Crippen molar-refractivity contribution in [2.45, 2.75) is 32.8 Å². The molecule has 1 fully saturated rings. The molecule has 0 aliphatic heterocycles. The minimum atomic E-state index is 0.467. The average Bonchev–Trinajstić information content (AvgIpc) is 3.54. The minimum Gasteiger partial charge on any atom is -0.391 e. The lowest BCUT2D eigenvalue weighted by atomic mass is 9.97. The maximum atomic E-state index is 6.03. The van der Waals surface area contributed by atoms with E-state index in [1.807, 2.05) is 30.3 Å². The van der Waals surface area contributed by atoms with Gasteiger partial charge in [0.15, 0.2) is 0 Å². The van der Waals surface area contributed by atoms with Crippen LogP contribution in [0.1, 0.15) is 36.0 Å². The number of benzene rings is 3. The van der Waals surface area contributed by atoms with Gasteiger partial charge in [0, 0.05) is 5.02 Å². The Labute approximate surface area is 171 Å². The molecule has 3 aromatic carbocycles. The summed E-state index contributed by atoms with van der Waals surface area (Å²) >= 11 is 6.03. The summed E-state index contributed by atoms with van der Waals surface area (Å²) in [6.07, 6.45) is 3.53. The minimum absolute atomic E-state index is 0.467. The molecule has 0 spiro atoms. The summed E-state index contributed by atoms with van der Waals surface area (Å²) < 4.78 is 0. The Kier molecular flexibility index (Phi) is 5.78. The second kappa shape index (κ2) is 8.62. The molecule has 28 heavy (non-hydrogen) atoms. The molecule has 0 aromatic heterocycles. The van der Waals surface area contributed by atoms with Gasteiger partial charge >= 0.3 is 0 Å². The molecular formula is C25H24ClNO. The predicted octanol–water partition coefficient (Wildman–Crippen LogP) is 7.04. The summed E-state index contributed by atoms with van der Waals surface area (Å²) in [5.74, 6) is 0.737. The maximum absolute atomic E-state index is 6.03. The highest BCUT2D eigenvalue weighted by Gasteiger charge is 2.24. The van der Waals surface area contributed by atoms with E-state index in [-0.39, 0.29) is 0 Å². The van der Waals surface area contributed by atoms with Gasteiger partial charge in [0.05, 0.1) is 5.71 Å². The molecule has 3 aromatic rings. The van der Waals surface area contributed by atoms with Gasteiger partial charge < -0.3 is 4.84 Å². The molecule has 0 radical (unpaired) electrons. The molecular weight excluding hydrogens is 366 g/mol. The van der Waals surface area contributed by atoms with Gasteiger partial charge in [-0.15, -0.1) is 0 Å². The van der Waals surface area contributed by atoms with Crippen molar-refractivity contribution in [2.24, 2.45) is 11.1 Å². The third-order valence-corrected chi connectivity index (χ3v) is 5.53. The summed E-state index contributed by atoms with van der Waals surface area (Å²) in [5.41, 5.74) is 6.95. The molecule has 0 heterocycles. The second-order valence-electron chi connectivity index (χ2n) is 7.42. The smallest absolute Gasteiger partial charge is 0.142 e. The van der Waals surface area contributed by atoms with Crippen LogP contribution in [0.2, 0.25) is 5.02 Å². The van der Waals surface area contributed by atoms with Crippen molar-refractivity contribution in [3.63, 3.8) is 0 Å². The van der Waals surface area contributed by atoms with Crippen LogP contribution in [-0.4, -0.2) is 5.71 Å². The van der Waals surface area contributed by atoms with E-state index in [0.29, 0.717) is 6.61 Å². The summed E-state index contributed by atoms with van der Waals surface area (Å²) in [6.45, 7) is 2.61. The first-order chi connectivity index (χ1) is 13.7. The number of hydrogen-bond acceptors (Lipinski definition) is 2. The van der Waals surface area contributed by atoms with Gasteiger partial charge in [-0.3, -0.25) is 0 Å². The number of hydrogen-bond donors (Lipinski definition) is 0. The van der Waals surface area contributed by atoms with Crippen LogP contribution in [0.4, 0.5) is 0 Å². The van der Waals surface area contributed by atoms with E-state index in [4.69, 9.17) is 16.4 Å². The highest BCUT2D eigenvalue weighted by Crippen LogP contribution is 2.34. The molecule has 0 bridgehead atoms. The molecule has 3 heteroatoms. The van der Waals surface area contributed by atoms with Crippen molar-refractivity contribution in [2.75, 3.05) is 0 Å². The van der Waals surface area contributed by atoms with Crippen LogP contribution in [0, 0.1) is 12.8 Å². The van der Waals surface area contributed by atoms with Crippen molar-refractivity contribution in [3.8, 4) is 11.1 Å². The summed E-state index contributed by atoms with van der Waals surface area (Å²) in [4.78, 5) is 5.82. The van der Waals surface area contributed by atoms with Gasteiger partial charge in [-0.2, -0.15) is 0 Å². The third-order valence-electron chi connectivity index (χ3n) is 5.28. The zero-order valence-electron chi connectivity index (χ0n) is 16.1. The Balaban J connectivity index is 1.51. The fraction of sp³-hybridized carbons (Fsp3) is 0.240. The first-order valence-corrected chi connectivity index (χ1v) is 10.2. The molecule has 142 valence electrons. The van der Waals surface area contributed by atoms with E-state index >= 15 is 0 Å². The summed E-state index contributed by atoms with van der Waals surface area (Å²) in [5, 5.41) is 5.26. The molecule has 1 saturated carbocycles. The standard InChI is InChI=1S/C25H24ClNO/c1-18-22(8-5-9-24(18)20-6-3-2-4-7-20)17-28-27-25(16-19-10-11-19)21-12-14-23(26)15-13-21/h2-9,12-15,19H,10-11,16-17H2,1H3/b27-25+. The van der Waals surface area contributed by atoms with E-state index < -0.39 is 0 Å². The van der Waals surface area contributed by atoms with Crippen LogP contribution >= 0.6 is 11.6 Å². The molecule has 1 aliphatic carbocycles. The van der Waals surface area contributed by atoms with Gasteiger partial charge in [0.2, 0.25) is 0 Å². The average molecular weight is 390 g/mol. The lowest BCUT2D eigenvalue weighted by Gasteiger charge is -2.12. The van der Waals surface area contributed by atoms with E-state index in [9.17, 15) is 0 Å². The highest BCUT2D eigenvalue weighted by atomic mass is 35.5. The van der Waals surface area contributed by atoms with Crippen LogP contribution in [0.5, 0.6) is 0 Å². The number of halogens is 1. The largest absolute Gasteiger partial charge is 0.391 e. The summed E-state index contributed by atoms with van der Waals surface area (Å²) in [7, 11) is 0. The highest BCUT2D eigenvalue weighted by molar-refractivity contribution is 6.30. The number of oxime groups is 1. The zero-order valence-corrected chi connectivity index (χ0v) is 16.8. The van der Waals surface area contributed by atoms with Crippen LogP contribution < -0.4 is 0 Å². The monoisotopic (exact) mass is 389 g/mol.